The maximum absolute atomic E-state index is 10.2. The molecule has 4 atom stereocenters. The minimum absolute atomic E-state index is 0.284. The Morgan fingerprint density at radius 3 is 2.18 bits per heavy atom. The number of rotatable bonds is 5. The summed E-state index contributed by atoms with van der Waals surface area (Å²) in [5.74, 6) is 0.284. The molecule has 4 N–H and O–H groups in total. The molecule has 0 amide bonds. The third kappa shape index (κ3) is 3.47. The van der Waals surface area contributed by atoms with Crippen molar-refractivity contribution in [3.05, 3.63) is 77.9 Å². The third-order valence-corrected chi connectivity index (χ3v) is 5.42. The second-order valence-electron chi connectivity index (χ2n) is 7.24. The number of aryl methyl sites for hydroxylation is 2. The summed E-state index contributed by atoms with van der Waals surface area (Å²) in [7, 11) is 0. The van der Waals surface area contributed by atoms with Crippen LogP contribution in [-0.4, -0.2) is 48.8 Å². The molecule has 0 unspecified atom stereocenters. The second-order valence-corrected chi connectivity index (χ2v) is 7.24. The van der Waals surface area contributed by atoms with Crippen molar-refractivity contribution in [1.29, 1.82) is 0 Å². The molecule has 28 heavy (non-hydrogen) atoms. The predicted octanol–water partition coefficient (Wildman–Crippen LogP) is 1.64. The van der Waals surface area contributed by atoms with Crippen molar-refractivity contribution in [3.8, 4) is 11.1 Å². The fourth-order valence-corrected chi connectivity index (χ4v) is 3.76. The maximum Gasteiger partial charge on any atom is 0.141 e. The molecule has 0 aliphatic carbocycles. The molecule has 0 saturated heterocycles. The number of aliphatic hydroxyl groups is 4. The van der Waals surface area contributed by atoms with Crippen molar-refractivity contribution in [2.45, 2.75) is 37.2 Å². The Labute approximate surface area is 163 Å². The van der Waals surface area contributed by atoms with Gasteiger partial charge in [0.25, 0.3) is 0 Å². The fourth-order valence-electron chi connectivity index (χ4n) is 3.76. The van der Waals surface area contributed by atoms with Crippen molar-refractivity contribution >= 4 is 0 Å². The van der Waals surface area contributed by atoms with E-state index in [1.54, 1.807) is 10.8 Å². The molecule has 6 nitrogen and oxygen atoms in total. The van der Waals surface area contributed by atoms with Gasteiger partial charge in [-0.25, -0.2) is 4.98 Å². The lowest BCUT2D eigenvalue weighted by molar-refractivity contribution is -0.108. The largest absolute Gasteiger partial charge is 0.394 e. The van der Waals surface area contributed by atoms with Crippen LogP contribution in [0, 0.1) is 0 Å². The Bertz CT molecular complexity index is 923. The summed E-state index contributed by atoms with van der Waals surface area (Å²) in [6.45, 7) is -0.339. The van der Waals surface area contributed by atoms with Crippen molar-refractivity contribution in [2.75, 3.05) is 6.61 Å². The normalized spacial score (nSPS) is 24.1. The molecule has 0 radical (unpaired) electrons. The molecule has 4 rings (SSSR count). The monoisotopic (exact) mass is 380 g/mol. The molecule has 2 heterocycles. The Hall–Kier alpha value is -2.51. The Morgan fingerprint density at radius 1 is 0.821 bits per heavy atom. The summed E-state index contributed by atoms with van der Waals surface area (Å²) in [4.78, 5) is 4.43. The zero-order chi connectivity index (χ0) is 19.7. The molecule has 0 spiro atoms. The summed E-state index contributed by atoms with van der Waals surface area (Å²) in [5, 5.41) is 39.8. The molecule has 0 bridgehead atoms. The number of hydrogen-bond donors (Lipinski definition) is 4. The number of nitrogens with zero attached hydrogens (tertiary/aromatic N) is 2. The minimum atomic E-state index is -1.36. The van der Waals surface area contributed by atoms with Gasteiger partial charge in [-0.05, 0) is 29.5 Å². The lowest BCUT2D eigenvalue weighted by atomic mass is 9.96. The van der Waals surface area contributed by atoms with E-state index < -0.39 is 24.4 Å². The van der Waals surface area contributed by atoms with Crippen LogP contribution in [0.1, 0.15) is 29.2 Å². The van der Waals surface area contributed by atoms with E-state index in [0.29, 0.717) is 6.42 Å². The van der Waals surface area contributed by atoms with Gasteiger partial charge in [-0.3, -0.25) is 0 Å². The molecule has 1 aliphatic heterocycles. The van der Waals surface area contributed by atoms with Crippen LogP contribution in [0.4, 0.5) is 0 Å². The van der Waals surface area contributed by atoms with E-state index in [-0.39, 0.29) is 12.4 Å². The number of fused-ring (bicyclic) bond motifs is 1. The number of hydrogen-bond acceptors (Lipinski definition) is 5. The quantitative estimate of drug-likeness (QED) is 0.539. The number of imidazole rings is 1. The van der Waals surface area contributed by atoms with Crippen molar-refractivity contribution in [2.24, 2.45) is 0 Å². The van der Waals surface area contributed by atoms with Gasteiger partial charge in [0, 0.05) is 6.20 Å². The van der Waals surface area contributed by atoms with Crippen LogP contribution >= 0.6 is 0 Å². The molecule has 1 aromatic heterocycles. The molecule has 0 saturated carbocycles. The highest BCUT2D eigenvalue weighted by Crippen LogP contribution is 2.32. The molecule has 146 valence electrons. The van der Waals surface area contributed by atoms with Crippen LogP contribution in [0.15, 0.2) is 60.8 Å². The number of benzene rings is 2. The molecule has 2 aromatic carbocycles. The van der Waals surface area contributed by atoms with Crippen molar-refractivity contribution in [3.63, 3.8) is 0 Å². The standard InChI is InChI=1S/C22H24N2O4/c25-13-18-19(26)20(27)21(28)22-23-17(12-24(18)22)11-8-14-6-9-16(10-7-14)15-4-2-1-3-5-15/h1-7,9-10,12,18-21,25-28H,8,11,13H2/t18-,19-,20+,21-/m1/s1. The fraction of sp³-hybridized carbons (Fsp3) is 0.318. The first-order valence-electron chi connectivity index (χ1n) is 9.45. The van der Waals surface area contributed by atoms with Crippen LogP contribution in [0.5, 0.6) is 0 Å². The smallest absolute Gasteiger partial charge is 0.141 e. The molecule has 0 fully saturated rings. The minimum Gasteiger partial charge on any atom is -0.394 e. The molecule has 3 aromatic rings. The first-order valence-corrected chi connectivity index (χ1v) is 9.45. The molecular formula is C22H24N2O4. The van der Waals surface area contributed by atoms with E-state index in [2.05, 4.69) is 41.4 Å². The van der Waals surface area contributed by atoms with Crippen LogP contribution in [-0.2, 0) is 12.8 Å². The average molecular weight is 380 g/mol. The highest BCUT2D eigenvalue weighted by atomic mass is 16.4. The van der Waals surface area contributed by atoms with E-state index >= 15 is 0 Å². The summed E-state index contributed by atoms with van der Waals surface area (Å²) in [5.41, 5.74) is 4.27. The van der Waals surface area contributed by atoms with Gasteiger partial charge in [0.05, 0.1) is 18.3 Å². The van der Waals surface area contributed by atoms with Gasteiger partial charge in [-0.15, -0.1) is 0 Å². The second kappa shape index (κ2) is 7.85. The van der Waals surface area contributed by atoms with Gasteiger partial charge < -0.3 is 25.0 Å². The van der Waals surface area contributed by atoms with Crippen LogP contribution in [0.25, 0.3) is 11.1 Å². The van der Waals surface area contributed by atoms with Crippen molar-refractivity contribution < 1.29 is 20.4 Å². The zero-order valence-electron chi connectivity index (χ0n) is 15.4. The lowest BCUT2D eigenvalue weighted by Crippen LogP contribution is -2.46. The van der Waals surface area contributed by atoms with E-state index in [1.807, 2.05) is 18.2 Å². The van der Waals surface area contributed by atoms with Crippen LogP contribution in [0.2, 0.25) is 0 Å². The topological polar surface area (TPSA) is 98.7 Å². The van der Waals surface area contributed by atoms with E-state index in [9.17, 15) is 20.4 Å². The first-order chi connectivity index (χ1) is 13.6. The Balaban J connectivity index is 1.48. The van der Waals surface area contributed by atoms with Gasteiger partial charge in [0.15, 0.2) is 0 Å². The predicted molar refractivity (Wildman–Crippen MR) is 105 cm³/mol. The Morgan fingerprint density at radius 2 is 1.50 bits per heavy atom. The zero-order valence-corrected chi connectivity index (χ0v) is 15.4. The van der Waals surface area contributed by atoms with E-state index in [0.717, 1.165) is 12.1 Å². The van der Waals surface area contributed by atoms with Crippen molar-refractivity contribution in [1.82, 2.24) is 9.55 Å². The number of aromatic nitrogens is 2. The van der Waals surface area contributed by atoms with Gasteiger partial charge in [0.2, 0.25) is 0 Å². The average Bonchev–Trinajstić information content (AvgIpc) is 3.16. The summed E-state index contributed by atoms with van der Waals surface area (Å²) in [6.07, 6.45) is -0.687. The van der Waals surface area contributed by atoms with E-state index in [4.69, 9.17) is 0 Å². The first kappa shape index (κ1) is 18.8. The molecule has 1 aliphatic rings. The van der Waals surface area contributed by atoms with Gasteiger partial charge in [-0.1, -0.05) is 54.6 Å². The highest BCUT2D eigenvalue weighted by molar-refractivity contribution is 5.63. The van der Waals surface area contributed by atoms with Gasteiger partial charge in [-0.2, -0.15) is 0 Å². The molecular weight excluding hydrogens is 356 g/mol. The van der Waals surface area contributed by atoms with Gasteiger partial charge >= 0.3 is 0 Å². The summed E-state index contributed by atoms with van der Waals surface area (Å²) in [6, 6.07) is 17.9. The van der Waals surface area contributed by atoms with E-state index in [1.165, 1.54) is 16.7 Å². The lowest BCUT2D eigenvalue weighted by Gasteiger charge is -2.35. The Kier molecular flexibility index (Phi) is 5.28. The van der Waals surface area contributed by atoms with Gasteiger partial charge in [0.1, 0.15) is 24.1 Å². The molecule has 6 heteroatoms. The number of aliphatic hydroxyl groups excluding tert-OH is 4. The summed E-state index contributed by atoms with van der Waals surface area (Å²) >= 11 is 0. The SMILES string of the molecule is OC[C@@H]1[C@@H](O)[C@H](O)[C@@H](O)c2nc(CCc3ccc(-c4ccccc4)cc3)cn21. The van der Waals surface area contributed by atoms with Crippen LogP contribution < -0.4 is 0 Å². The summed E-state index contributed by atoms with van der Waals surface area (Å²) < 4.78 is 1.58. The highest BCUT2D eigenvalue weighted by Gasteiger charge is 2.41. The third-order valence-electron chi connectivity index (χ3n) is 5.42. The van der Waals surface area contributed by atoms with Crippen LogP contribution in [0.3, 0.4) is 0 Å². The maximum atomic E-state index is 10.2.